The molecular weight excluding hydrogens is 350 g/mol. The molecule has 2 aromatic rings. The summed E-state index contributed by atoms with van der Waals surface area (Å²) in [5.74, 6) is -1.10. The van der Waals surface area contributed by atoms with Crippen molar-refractivity contribution in [2.75, 3.05) is 5.32 Å². The number of carboxylic acid groups (broad SMARTS) is 1. The highest BCUT2D eigenvalue weighted by molar-refractivity contribution is 9.10. The maximum absolute atomic E-state index is 12.3. The number of hydrogen-bond acceptors (Lipinski definition) is 3. The molecule has 1 aliphatic carbocycles. The number of rotatable bonds is 4. The van der Waals surface area contributed by atoms with Crippen molar-refractivity contribution in [1.29, 1.82) is 0 Å². The van der Waals surface area contributed by atoms with Gasteiger partial charge in [0.05, 0.1) is 21.4 Å². The molecule has 0 bridgehead atoms. The first-order valence-electron chi connectivity index (χ1n) is 6.86. The first-order chi connectivity index (χ1) is 10.5. The van der Waals surface area contributed by atoms with Crippen LogP contribution in [0.25, 0.3) is 0 Å². The van der Waals surface area contributed by atoms with Gasteiger partial charge in [-0.1, -0.05) is 11.6 Å². The van der Waals surface area contributed by atoms with E-state index in [1.165, 1.54) is 6.07 Å². The van der Waals surface area contributed by atoms with Crippen LogP contribution in [-0.4, -0.2) is 27.2 Å². The second kappa shape index (κ2) is 5.57. The lowest BCUT2D eigenvalue weighted by atomic mass is 10.1. The molecule has 0 unspecified atom stereocenters. The van der Waals surface area contributed by atoms with Gasteiger partial charge in [-0.05, 0) is 47.8 Å². The van der Waals surface area contributed by atoms with Crippen LogP contribution in [0.3, 0.4) is 0 Å². The van der Waals surface area contributed by atoms with Gasteiger partial charge in [0.15, 0.2) is 5.69 Å². The molecule has 114 valence electrons. The molecule has 22 heavy (non-hydrogen) atoms. The van der Waals surface area contributed by atoms with E-state index in [1.54, 1.807) is 19.1 Å². The molecule has 7 heteroatoms. The van der Waals surface area contributed by atoms with Gasteiger partial charge in [-0.25, -0.2) is 4.79 Å². The Morgan fingerprint density at radius 1 is 1.41 bits per heavy atom. The Kier molecular flexibility index (Phi) is 3.74. The Morgan fingerprint density at radius 3 is 2.77 bits per heavy atom. The van der Waals surface area contributed by atoms with E-state index in [0.717, 1.165) is 24.1 Å². The topological polar surface area (TPSA) is 95.1 Å². The zero-order chi connectivity index (χ0) is 15.9. The Bertz CT molecular complexity index is 765. The molecule has 6 nitrogen and oxygen atoms in total. The summed E-state index contributed by atoms with van der Waals surface area (Å²) in [6.45, 7) is 1.80. The molecule has 1 aromatic heterocycles. The third-order valence-electron chi connectivity index (χ3n) is 3.59. The minimum Gasteiger partial charge on any atom is -0.478 e. The fourth-order valence-electron chi connectivity index (χ4n) is 2.26. The van der Waals surface area contributed by atoms with E-state index in [-0.39, 0.29) is 16.9 Å². The lowest BCUT2D eigenvalue weighted by Crippen LogP contribution is -2.16. The number of H-pyrrole nitrogens is 1. The minimum atomic E-state index is -1.08. The highest BCUT2D eigenvalue weighted by Crippen LogP contribution is 2.43. The number of aromatic carboxylic acids is 1. The fourth-order valence-corrected chi connectivity index (χ4v) is 2.94. The largest absolute Gasteiger partial charge is 0.478 e. The summed E-state index contributed by atoms with van der Waals surface area (Å²) in [7, 11) is 0. The van der Waals surface area contributed by atoms with Crippen molar-refractivity contribution in [3.63, 3.8) is 0 Å². The zero-order valence-corrected chi connectivity index (χ0v) is 13.4. The predicted molar refractivity (Wildman–Crippen MR) is 84.4 cm³/mol. The summed E-state index contributed by atoms with van der Waals surface area (Å²) < 4.78 is 0.650. The number of amides is 1. The van der Waals surface area contributed by atoms with Crippen molar-refractivity contribution < 1.29 is 14.7 Å². The number of hydrogen-bond donors (Lipinski definition) is 3. The molecule has 3 rings (SSSR count). The van der Waals surface area contributed by atoms with Gasteiger partial charge >= 0.3 is 5.97 Å². The molecule has 0 aliphatic heterocycles. The van der Waals surface area contributed by atoms with Crippen LogP contribution in [0.1, 0.15) is 50.9 Å². The fraction of sp³-hybridized carbons (Fsp3) is 0.267. The Morgan fingerprint density at radius 2 is 2.14 bits per heavy atom. The first kappa shape index (κ1) is 14.8. The number of carboxylic acids is 1. The Balaban J connectivity index is 1.87. The zero-order valence-electron chi connectivity index (χ0n) is 11.8. The molecule has 3 N–H and O–H groups in total. The monoisotopic (exact) mass is 363 g/mol. The van der Waals surface area contributed by atoms with Crippen molar-refractivity contribution in [3.8, 4) is 0 Å². The molecule has 1 aliphatic rings. The van der Waals surface area contributed by atoms with Gasteiger partial charge in [-0.2, -0.15) is 5.10 Å². The van der Waals surface area contributed by atoms with E-state index >= 15 is 0 Å². The minimum absolute atomic E-state index is 0.0578. The number of anilines is 1. The van der Waals surface area contributed by atoms with Crippen molar-refractivity contribution in [1.82, 2.24) is 10.2 Å². The Labute approximate surface area is 135 Å². The molecular formula is C15H14BrN3O3. The van der Waals surface area contributed by atoms with Gasteiger partial charge < -0.3 is 10.4 Å². The van der Waals surface area contributed by atoms with E-state index in [9.17, 15) is 14.7 Å². The van der Waals surface area contributed by atoms with Gasteiger partial charge in [0.25, 0.3) is 5.91 Å². The molecule has 1 saturated carbocycles. The second-order valence-electron chi connectivity index (χ2n) is 5.38. The third kappa shape index (κ3) is 2.76. The van der Waals surface area contributed by atoms with Crippen LogP contribution in [-0.2, 0) is 0 Å². The maximum Gasteiger partial charge on any atom is 0.337 e. The summed E-state index contributed by atoms with van der Waals surface area (Å²) in [5, 5.41) is 18.8. The van der Waals surface area contributed by atoms with Crippen LogP contribution in [0, 0.1) is 6.92 Å². The first-order valence-corrected chi connectivity index (χ1v) is 7.65. The number of aromatic amines is 1. The summed E-state index contributed by atoms with van der Waals surface area (Å²) in [6.07, 6.45) is 2.17. The maximum atomic E-state index is 12.3. The van der Waals surface area contributed by atoms with Gasteiger partial charge in [-0.15, -0.1) is 0 Å². The predicted octanol–water partition coefficient (Wildman–Crippen LogP) is 3.31. The summed E-state index contributed by atoms with van der Waals surface area (Å²) >= 11 is 3.39. The van der Waals surface area contributed by atoms with E-state index in [0.29, 0.717) is 10.4 Å². The van der Waals surface area contributed by atoms with Crippen LogP contribution in [0.2, 0.25) is 0 Å². The highest BCUT2D eigenvalue weighted by Gasteiger charge is 2.30. The van der Waals surface area contributed by atoms with Crippen LogP contribution in [0.15, 0.2) is 22.7 Å². The lowest BCUT2D eigenvalue weighted by Gasteiger charge is -2.08. The van der Waals surface area contributed by atoms with Crippen molar-refractivity contribution >= 4 is 33.5 Å². The van der Waals surface area contributed by atoms with Gasteiger partial charge in [0, 0.05) is 5.92 Å². The Hall–Kier alpha value is -2.15. The van der Waals surface area contributed by atoms with Crippen molar-refractivity contribution in [2.45, 2.75) is 25.7 Å². The van der Waals surface area contributed by atoms with Crippen LogP contribution in [0.4, 0.5) is 5.69 Å². The number of nitrogens with zero attached hydrogens (tertiary/aromatic N) is 1. The van der Waals surface area contributed by atoms with Crippen LogP contribution < -0.4 is 5.32 Å². The van der Waals surface area contributed by atoms with E-state index in [2.05, 4.69) is 31.4 Å². The van der Waals surface area contributed by atoms with E-state index in [4.69, 9.17) is 0 Å². The number of carbonyl (C=O) groups excluding carboxylic acids is 1. The van der Waals surface area contributed by atoms with Crippen LogP contribution >= 0.6 is 15.9 Å². The smallest absolute Gasteiger partial charge is 0.337 e. The second-order valence-corrected chi connectivity index (χ2v) is 6.18. The normalized spacial score (nSPS) is 13.9. The molecule has 0 saturated heterocycles. The highest BCUT2D eigenvalue weighted by atomic mass is 79.9. The standard InChI is InChI=1S/C15H14BrN3O3/c1-7-2-5-10(9(6-7)15(21)22)17-14(20)13-11(16)12(18-19-13)8-3-4-8/h2,5-6,8H,3-4H2,1H3,(H,17,20)(H,18,19)(H,21,22). The average Bonchev–Trinajstić information content (AvgIpc) is 3.23. The number of aromatic nitrogens is 2. The quantitative estimate of drug-likeness (QED) is 0.776. The number of benzene rings is 1. The molecule has 0 spiro atoms. The molecule has 1 amide bonds. The van der Waals surface area contributed by atoms with E-state index < -0.39 is 11.9 Å². The third-order valence-corrected chi connectivity index (χ3v) is 4.39. The lowest BCUT2D eigenvalue weighted by molar-refractivity contribution is 0.0698. The van der Waals surface area contributed by atoms with Gasteiger partial charge in [-0.3, -0.25) is 9.89 Å². The molecule has 1 aromatic carbocycles. The molecule has 0 radical (unpaired) electrons. The van der Waals surface area contributed by atoms with E-state index in [1.807, 2.05) is 0 Å². The summed E-state index contributed by atoms with van der Waals surface area (Å²) in [4.78, 5) is 23.6. The average molecular weight is 364 g/mol. The van der Waals surface area contributed by atoms with Gasteiger partial charge in [0.2, 0.25) is 0 Å². The number of aryl methyl sites for hydroxylation is 1. The van der Waals surface area contributed by atoms with Gasteiger partial charge in [0.1, 0.15) is 0 Å². The SMILES string of the molecule is Cc1ccc(NC(=O)c2n[nH]c(C3CC3)c2Br)c(C(=O)O)c1. The number of halogens is 1. The summed E-state index contributed by atoms with van der Waals surface area (Å²) in [5.41, 5.74) is 2.28. The van der Waals surface area contributed by atoms with Crippen LogP contribution in [0.5, 0.6) is 0 Å². The number of carbonyl (C=O) groups is 2. The molecule has 1 heterocycles. The molecule has 0 atom stereocenters. The molecule has 1 fully saturated rings. The van der Waals surface area contributed by atoms with Crippen molar-refractivity contribution in [3.05, 3.63) is 45.2 Å². The summed E-state index contributed by atoms with van der Waals surface area (Å²) in [6, 6.07) is 4.85. The van der Waals surface area contributed by atoms with Crippen molar-refractivity contribution in [2.24, 2.45) is 0 Å². The number of nitrogens with one attached hydrogen (secondary N) is 2.